The molecule has 11 aromatic carbocycles. The number of rotatable bonds is 28. The predicted molar refractivity (Wildman–Crippen MR) is 583 cm³/mol. The summed E-state index contributed by atoms with van der Waals surface area (Å²) in [6.07, 6.45) is 16.3. The van der Waals surface area contributed by atoms with Gasteiger partial charge in [0, 0.05) is 57.4 Å². The molecule has 0 bridgehead atoms. The molecular formula is C122H173BrCl3F3N2. The fourth-order valence-corrected chi connectivity index (χ4v) is 14.8. The molecule has 0 unspecified atom stereocenters. The average Bonchev–Trinajstić information content (AvgIpc) is 0.831. The van der Waals surface area contributed by atoms with Gasteiger partial charge in [-0.15, -0.1) is 0 Å². The topological polar surface area (TPSA) is 6.48 Å². The van der Waals surface area contributed by atoms with E-state index in [1.165, 1.54) is 186 Å². The SMILES string of the molecule is C.CC(C)CCCc1ccccc1.CC(C)CCc1ccc(Br)cc1.CC(C)CCc1ccc(Cl)cc1.CC(C)N1CCN(c2ccccc2)CC1.CC(C)c1ccc2ccccc2c1.Cc1cc(CCC(C)C)ccc1C(F)(F)F.Cc1cc(CCC(C)C)ccc1Cl.Cc1cc(CCC(C)C)ccc1Cl.Cc1cccc(CCC(C)C)c1.Cc1cccc(CCC(C)C)c1. The van der Waals surface area contributed by atoms with E-state index in [2.05, 4.69) is 404 Å². The Morgan fingerprint density at radius 3 is 0.992 bits per heavy atom. The lowest BCUT2D eigenvalue weighted by Crippen LogP contribution is -2.48. The third-order valence-electron chi connectivity index (χ3n) is 22.8. The Bertz CT molecular complexity index is 4560. The number of anilines is 1. The van der Waals surface area contributed by atoms with E-state index in [-0.39, 0.29) is 7.43 Å². The van der Waals surface area contributed by atoms with Gasteiger partial charge in [-0.05, 0) is 337 Å². The van der Waals surface area contributed by atoms with E-state index in [4.69, 9.17) is 34.8 Å². The number of alkyl halides is 3. The molecule has 1 aliphatic rings. The number of piperazine rings is 1. The molecule has 0 spiro atoms. The highest BCUT2D eigenvalue weighted by molar-refractivity contribution is 9.10. The molecule has 0 radical (unpaired) electrons. The third kappa shape index (κ3) is 57.2. The molecule has 0 saturated carbocycles. The van der Waals surface area contributed by atoms with Crippen LogP contribution < -0.4 is 4.90 Å². The molecule has 0 amide bonds. The number of nitrogens with zero attached hydrogens (tertiary/aromatic N) is 2. The lowest BCUT2D eigenvalue weighted by Gasteiger charge is -2.38. The van der Waals surface area contributed by atoms with Crippen molar-refractivity contribution >= 4 is 67.2 Å². The molecule has 9 heteroatoms. The molecule has 1 heterocycles. The van der Waals surface area contributed by atoms with E-state index >= 15 is 0 Å². The molecule has 0 atom stereocenters. The standard InChI is InChI=1S/C13H17F3.C13H20N2.C13H14.2C12H17Cl.3C12H18.C11H15Br.C11H15Cl.CH4/c1-9(2)4-5-11-6-7-12(10(3)8-11)13(14,15)16;1-12(2)14-8-10-15(11-9-14)13-6-4-3-5-7-13;1-10(2)12-8-7-11-5-3-4-6-13(11)9-12;2*1-9(2)4-5-11-6-7-12(13)10(3)8-11;2*1-10(2)7-8-12-6-4-5-11(3)9-12;1-11(2)7-6-10-12-8-4-3-5-9-12;2*1-9(2)3-4-10-5-7-11(12)8-6-10;/h6-9H,4-5H2,1-3H3;3-7,12H,8-11H2,1-2H3;3-10H,1-2H3;2*6-9H,4-5H2,1-3H3;2*4-6,9-10H,7-8H2,1-3H3;3-5,8-9,11H,6-7,10H2,1-2H3;2*5-9H,3-4H2,1-2H3;1H4. The lowest BCUT2D eigenvalue weighted by atomic mass is 9.99. The minimum Gasteiger partial charge on any atom is -0.369 e. The Balaban J connectivity index is 0.000000493. The summed E-state index contributed by atoms with van der Waals surface area (Å²) in [6.45, 7) is 59.5. The monoisotopic (exact) mass is 1910 g/mol. The number of benzene rings is 11. The smallest absolute Gasteiger partial charge is 0.369 e. The van der Waals surface area contributed by atoms with Crippen LogP contribution in [-0.2, 0) is 57.5 Å². The third-order valence-corrected chi connectivity index (χ3v) is 24.4. The molecule has 1 saturated heterocycles. The zero-order valence-corrected chi connectivity index (χ0v) is 88.8. The largest absolute Gasteiger partial charge is 0.416 e. The van der Waals surface area contributed by atoms with E-state index in [0.717, 1.165) is 112 Å². The van der Waals surface area contributed by atoms with Crippen LogP contribution >= 0.6 is 50.7 Å². The van der Waals surface area contributed by atoms with Gasteiger partial charge in [0.05, 0.1) is 5.56 Å². The Kier molecular flexibility index (Phi) is 61.8. The summed E-state index contributed by atoms with van der Waals surface area (Å²) in [4.78, 5) is 5.01. The van der Waals surface area contributed by atoms with Crippen molar-refractivity contribution in [3.05, 3.63) is 358 Å². The highest BCUT2D eigenvalue weighted by Crippen LogP contribution is 2.33. The first kappa shape index (κ1) is 120. The minimum atomic E-state index is -4.24. The maximum Gasteiger partial charge on any atom is 0.416 e. The van der Waals surface area contributed by atoms with Gasteiger partial charge in [-0.1, -0.05) is 401 Å². The molecule has 0 aliphatic carbocycles. The molecule has 12 rings (SSSR count). The van der Waals surface area contributed by atoms with Crippen LogP contribution in [0.5, 0.6) is 0 Å². The van der Waals surface area contributed by atoms with Crippen molar-refractivity contribution in [2.75, 3.05) is 31.1 Å². The van der Waals surface area contributed by atoms with Gasteiger partial charge < -0.3 is 4.90 Å². The number of halogens is 7. The van der Waals surface area contributed by atoms with E-state index in [0.29, 0.717) is 23.4 Å². The molecule has 131 heavy (non-hydrogen) atoms. The molecule has 11 aromatic rings. The van der Waals surface area contributed by atoms with Crippen molar-refractivity contribution in [1.82, 2.24) is 4.90 Å². The summed E-state index contributed by atoms with van der Waals surface area (Å²) in [5, 5.41) is 5.23. The van der Waals surface area contributed by atoms with Crippen molar-refractivity contribution < 1.29 is 13.2 Å². The number of hydrogen-bond donors (Lipinski definition) is 0. The molecule has 0 N–H and O–H groups in total. The first-order chi connectivity index (χ1) is 61.5. The minimum absolute atomic E-state index is 0. The van der Waals surface area contributed by atoms with Crippen molar-refractivity contribution in [3.63, 3.8) is 0 Å². The second-order valence-corrected chi connectivity index (χ2v) is 41.7. The number of aryl methyl sites for hydroxylation is 13. The molecule has 1 aliphatic heterocycles. The molecule has 1 fully saturated rings. The first-order valence-corrected chi connectivity index (χ1v) is 50.8. The van der Waals surface area contributed by atoms with E-state index in [1.807, 2.05) is 24.3 Å². The van der Waals surface area contributed by atoms with Gasteiger partial charge in [-0.25, -0.2) is 0 Å². The lowest BCUT2D eigenvalue weighted by molar-refractivity contribution is -0.138. The maximum absolute atomic E-state index is 12.5. The maximum atomic E-state index is 12.5. The van der Waals surface area contributed by atoms with Crippen LogP contribution in [0.1, 0.15) is 293 Å². The van der Waals surface area contributed by atoms with Gasteiger partial charge in [0.1, 0.15) is 0 Å². The van der Waals surface area contributed by atoms with Gasteiger partial charge in [0.2, 0.25) is 0 Å². The van der Waals surface area contributed by atoms with E-state index < -0.39 is 11.7 Å². The Labute approximate surface area is 823 Å². The quantitative estimate of drug-likeness (QED) is 0.0482. The van der Waals surface area contributed by atoms with Crippen LogP contribution in [0.2, 0.25) is 15.1 Å². The summed E-state index contributed by atoms with van der Waals surface area (Å²) in [5.74, 6) is 6.78. The van der Waals surface area contributed by atoms with Crippen LogP contribution in [0.15, 0.2) is 259 Å². The van der Waals surface area contributed by atoms with Crippen molar-refractivity contribution in [3.8, 4) is 0 Å². The zero-order valence-electron chi connectivity index (χ0n) is 84.9. The van der Waals surface area contributed by atoms with Crippen LogP contribution in [0.3, 0.4) is 0 Å². The Morgan fingerprint density at radius 2 is 0.634 bits per heavy atom. The van der Waals surface area contributed by atoms with Crippen LogP contribution in [0.4, 0.5) is 18.9 Å². The Morgan fingerprint density at radius 1 is 0.305 bits per heavy atom. The van der Waals surface area contributed by atoms with E-state index in [9.17, 15) is 13.2 Å². The average molecular weight is 1910 g/mol. The van der Waals surface area contributed by atoms with Gasteiger partial charge in [-0.2, -0.15) is 13.2 Å². The van der Waals surface area contributed by atoms with E-state index in [1.54, 1.807) is 12.1 Å². The predicted octanol–water partition coefficient (Wildman–Crippen LogP) is 38.7. The molecule has 0 aromatic heterocycles. The van der Waals surface area contributed by atoms with Gasteiger partial charge >= 0.3 is 6.18 Å². The second kappa shape index (κ2) is 67.7. The van der Waals surface area contributed by atoms with Gasteiger partial charge in [0.15, 0.2) is 0 Å². The summed E-state index contributed by atoms with van der Waals surface area (Å²) >= 11 is 21.1. The molecular weight excluding hydrogens is 1740 g/mol. The highest BCUT2D eigenvalue weighted by atomic mass is 79.9. The highest BCUT2D eigenvalue weighted by Gasteiger charge is 2.32. The van der Waals surface area contributed by atoms with Crippen molar-refractivity contribution in [2.45, 2.75) is 308 Å². The second-order valence-electron chi connectivity index (χ2n) is 39.6. The molecule has 720 valence electrons. The van der Waals surface area contributed by atoms with Crippen LogP contribution in [0.25, 0.3) is 10.8 Å². The number of hydrogen-bond acceptors (Lipinski definition) is 2. The summed E-state index contributed by atoms with van der Waals surface area (Å²) in [7, 11) is 0. The van der Waals surface area contributed by atoms with Crippen molar-refractivity contribution in [2.24, 2.45) is 47.3 Å². The number of fused-ring (bicyclic) bond motifs is 1. The number of para-hydroxylation sites is 1. The normalized spacial score (nSPS) is 11.7. The zero-order chi connectivity index (χ0) is 96.7. The fourth-order valence-electron chi connectivity index (χ4n) is 14.2. The fraction of sp³-hybridized carbons (Fsp3) is 0.475. The van der Waals surface area contributed by atoms with Crippen LogP contribution in [0, 0.1) is 82.0 Å². The summed E-state index contributed by atoms with van der Waals surface area (Å²) < 4.78 is 38.6. The summed E-state index contributed by atoms with van der Waals surface area (Å²) in [6, 6.07) is 88.6. The van der Waals surface area contributed by atoms with Crippen molar-refractivity contribution in [1.29, 1.82) is 0 Å². The van der Waals surface area contributed by atoms with Crippen LogP contribution in [-0.4, -0.2) is 37.1 Å². The Hall–Kier alpha value is -7.42. The first-order valence-electron chi connectivity index (χ1n) is 48.9. The molecule has 2 nitrogen and oxygen atoms in total. The van der Waals surface area contributed by atoms with Gasteiger partial charge in [-0.3, -0.25) is 4.90 Å². The summed E-state index contributed by atoms with van der Waals surface area (Å²) in [5.41, 5.74) is 18.7. The van der Waals surface area contributed by atoms with Gasteiger partial charge in [0.25, 0.3) is 0 Å².